The van der Waals surface area contributed by atoms with Gasteiger partial charge in [0.15, 0.2) is 0 Å². The van der Waals surface area contributed by atoms with Crippen LogP contribution in [0.15, 0.2) is 24.3 Å². The molecule has 0 spiro atoms. The topological polar surface area (TPSA) is 20.3 Å². The van der Waals surface area contributed by atoms with Gasteiger partial charge in [-0.25, -0.2) is 4.39 Å². The van der Waals surface area contributed by atoms with Crippen molar-refractivity contribution in [3.8, 4) is 0 Å². The fraction of sp³-hybridized carbons (Fsp3) is 0.562. The lowest BCUT2D eigenvalue weighted by molar-refractivity contribution is -0.132. The van der Waals surface area contributed by atoms with Crippen LogP contribution in [-0.4, -0.2) is 23.4 Å². The van der Waals surface area contributed by atoms with Gasteiger partial charge >= 0.3 is 0 Å². The SMILES string of the molecule is CC(C)CN(C(=O)CCc1cccc(F)c1)C1CC1. The first-order valence-electron chi connectivity index (χ1n) is 7.10. The third-order valence-electron chi connectivity index (χ3n) is 3.39. The summed E-state index contributed by atoms with van der Waals surface area (Å²) in [5, 5.41) is 0. The van der Waals surface area contributed by atoms with Crippen LogP contribution in [0.3, 0.4) is 0 Å². The Morgan fingerprint density at radius 1 is 1.42 bits per heavy atom. The number of carbonyl (C=O) groups is 1. The lowest BCUT2D eigenvalue weighted by Crippen LogP contribution is -2.36. The van der Waals surface area contributed by atoms with Gasteiger partial charge < -0.3 is 4.90 Å². The lowest BCUT2D eigenvalue weighted by atomic mass is 10.1. The smallest absolute Gasteiger partial charge is 0.223 e. The number of aryl methyl sites for hydroxylation is 1. The van der Waals surface area contributed by atoms with Crippen LogP contribution in [0.1, 0.15) is 38.7 Å². The van der Waals surface area contributed by atoms with Gasteiger partial charge in [-0.2, -0.15) is 0 Å². The molecule has 0 saturated heterocycles. The molecule has 19 heavy (non-hydrogen) atoms. The fourth-order valence-electron chi connectivity index (χ4n) is 2.32. The maximum absolute atomic E-state index is 13.1. The normalized spacial score (nSPS) is 14.7. The fourth-order valence-corrected chi connectivity index (χ4v) is 2.32. The summed E-state index contributed by atoms with van der Waals surface area (Å²) >= 11 is 0. The van der Waals surface area contributed by atoms with Gasteiger partial charge in [0, 0.05) is 19.0 Å². The summed E-state index contributed by atoms with van der Waals surface area (Å²) in [6.07, 6.45) is 3.38. The minimum absolute atomic E-state index is 0.209. The zero-order chi connectivity index (χ0) is 13.8. The molecule has 0 radical (unpaired) electrons. The lowest BCUT2D eigenvalue weighted by Gasteiger charge is -2.24. The zero-order valence-corrected chi connectivity index (χ0v) is 11.7. The van der Waals surface area contributed by atoms with Crippen molar-refractivity contribution in [2.75, 3.05) is 6.54 Å². The van der Waals surface area contributed by atoms with Crippen LogP contribution in [0, 0.1) is 11.7 Å². The molecule has 0 aromatic heterocycles. The van der Waals surface area contributed by atoms with E-state index in [1.54, 1.807) is 6.07 Å². The molecule has 0 bridgehead atoms. The van der Waals surface area contributed by atoms with Crippen LogP contribution >= 0.6 is 0 Å². The summed E-state index contributed by atoms with van der Waals surface area (Å²) < 4.78 is 13.1. The maximum Gasteiger partial charge on any atom is 0.223 e. The Bertz CT molecular complexity index is 440. The molecular formula is C16H22FNO. The second kappa shape index (κ2) is 6.18. The molecule has 0 N–H and O–H groups in total. The summed E-state index contributed by atoms with van der Waals surface area (Å²) in [7, 11) is 0. The summed E-state index contributed by atoms with van der Waals surface area (Å²) in [5.74, 6) is 0.477. The first-order chi connectivity index (χ1) is 9.06. The second-order valence-electron chi connectivity index (χ2n) is 5.80. The van der Waals surface area contributed by atoms with E-state index in [0.29, 0.717) is 24.8 Å². The van der Waals surface area contributed by atoms with Gasteiger partial charge in [-0.3, -0.25) is 4.79 Å². The molecule has 0 heterocycles. The van der Waals surface area contributed by atoms with Gasteiger partial charge in [0.2, 0.25) is 5.91 Å². The predicted octanol–water partition coefficient (Wildman–Crippen LogP) is 3.41. The number of hydrogen-bond donors (Lipinski definition) is 0. The third-order valence-corrected chi connectivity index (χ3v) is 3.39. The average Bonchev–Trinajstić information content (AvgIpc) is 3.17. The quantitative estimate of drug-likeness (QED) is 0.770. The minimum Gasteiger partial charge on any atom is -0.339 e. The monoisotopic (exact) mass is 263 g/mol. The van der Waals surface area contributed by atoms with E-state index in [9.17, 15) is 9.18 Å². The van der Waals surface area contributed by atoms with Crippen molar-refractivity contribution in [3.05, 3.63) is 35.6 Å². The highest BCUT2D eigenvalue weighted by Gasteiger charge is 2.32. The van der Waals surface area contributed by atoms with Crippen LogP contribution in [0.5, 0.6) is 0 Å². The number of amides is 1. The standard InChI is InChI=1S/C16H22FNO/c1-12(2)11-18(15-7-8-15)16(19)9-6-13-4-3-5-14(17)10-13/h3-5,10,12,15H,6-9,11H2,1-2H3. The molecule has 0 unspecified atom stereocenters. The van der Waals surface area contributed by atoms with E-state index in [0.717, 1.165) is 24.9 Å². The molecule has 1 aliphatic carbocycles. The molecule has 104 valence electrons. The third kappa shape index (κ3) is 4.34. The van der Waals surface area contributed by atoms with E-state index in [1.807, 2.05) is 11.0 Å². The summed E-state index contributed by atoms with van der Waals surface area (Å²) in [5.41, 5.74) is 0.897. The van der Waals surface area contributed by atoms with E-state index in [1.165, 1.54) is 12.1 Å². The molecule has 3 heteroatoms. The largest absolute Gasteiger partial charge is 0.339 e. The van der Waals surface area contributed by atoms with Gasteiger partial charge in [-0.1, -0.05) is 26.0 Å². The van der Waals surface area contributed by atoms with Crippen molar-refractivity contribution in [1.82, 2.24) is 4.90 Å². The highest BCUT2D eigenvalue weighted by atomic mass is 19.1. The van der Waals surface area contributed by atoms with Crippen LogP contribution in [0.25, 0.3) is 0 Å². The Hall–Kier alpha value is -1.38. The van der Waals surface area contributed by atoms with Crippen molar-refractivity contribution in [3.63, 3.8) is 0 Å². The number of nitrogens with zero attached hydrogens (tertiary/aromatic N) is 1. The van der Waals surface area contributed by atoms with Gasteiger partial charge in [-0.05, 0) is 42.9 Å². The van der Waals surface area contributed by atoms with Gasteiger partial charge in [0.25, 0.3) is 0 Å². The molecule has 2 nitrogen and oxygen atoms in total. The van der Waals surface area contributed by atoms with Crippen molar-refractivity contribution in [1.29, 1.82) is 0 Å². The Balaban J connectivity index is 1.88. The summed E-state index contributed by atoms with van der Waals surface area (Å²) in [6.45, 7) is 5.11. The van der Waals surface area contributed by atoms with Gasteiger partial charge in [0.1, 0.15) is 5.82 Å². The van der Waals surface area contributed by atoms with E-state index in [-0.39, 0.29) is 11.7 Å². The number of rotatable bonds is 6. The average molecular weight is 263 g/mol. The highest BCUT2D eigenvalue weighted by molar-refractivity contribution is 5.77. The zero-order valence-electron chi connectivity index (χ0n) is 11.7. The molecule has 1 aromatic rings. The number of benzene rings is 1. The number of halogens is 1. The van der Waals surface area contributed by atoms with E-state index >= 15 is 0 Å². The molecule has 1 aromatic carbocycles. The molecule has 1 amide bonds. The Morgan fingerprint density at radius 2 is 2.16 bits per heavy atom. The molecular weight excluding hydrogens is 241 g/mol. The van der Waals surface area contributed by atoms with Crippen LogP contribution in [-0.2, 0) is 11.2 Å². The molecule has 0 atom stereocenters. The Labute approximate surface area is 114 Å². The number of hydrogen-bond acceptors (Lipinski definition) is 1. The van der Waals surface area contributed by atoms with Gasteiger partial charge in [0.05, 0.1) is 0 Å². The maximum atomic E-state index is 13.1. The van der Waals surface area contributed by atoms with E-state index in [4.69, 9.17) is 0 Å². The van der Waals surface area contributed by atoms with Crippen molar-refractivity contribution < 1.29 is 9.18 Å². The Morgan fingerprint density at radius 3 is 2.74 bits per heavy atom. The van der Waals surface area contributed by atoms with Crippen molar-refractivity contribution in [2.24, 2.45) is 5.92 Å². The predicted molar refractivity (Wildman–Crippen MR) is 74.3 cm³/mol. The first kappa shape index (κ1) is 14.0. The van der Waals surface area contributed by atoms with E-state index in [2.05, 4.69) is 13.8 Å². The summed E-state index contributed by atoms with van der Waals surface area (Å²) in [6, 6.07) is 6.97. The highest BCUT2D eigenvalue weighted by Crippen LogP contribution is 2.28. The van der Waals surface area contributed by atoms with E-state index < -0.39 is 0 Å². The van der Waals surface area contributed by atoms with Crippen LogP contribution in [0.2, 0.25) is 0 Å². The molecule has 1 aliphatic rings. The molecule has 1 saturated carbocycles. The number of carbonyl (C=O) groups excluding carboxylic acids is 1. The van der Waals surface area contributed by atoms with Crippen molar-refractivity contribution in [2.45, 2.75) is 45.6 Å². The Kier molecular flexibility index (Phi) is 4.56. The molecule has 2 rings (SSSR count). The minimum atomic E-state index is -0.230. The molecule has 1 fully saturated rings. The summed E-state index contributed by atoms with van der Waals surface area (Å²) in [4.78, 5) is 14.3. The van der Waals surface area contributed by atoms with Gasteiger partial charge in [-0.15, -0.1) is 0 Å². The molecule has 0 aliphatic heterocycles. The second-order valence-corrected chi connectivity index (χ2v) is 5.80. The van der Waals surface area contributed by atoms with Crippen LogP contribution in [0.4, 0.5) is 4.39 Å². The van der Waals surface area contributed by atoms with Crippen LogP contribution < -0.4 is 0 Å². The van der Waals surface area contributed by atoms with Crippen molar-refractivity contribution >= 4 is 5.91 Å². The first-order valence-corrected chi connectivity index (χ1v) is 7.10.